The van der Waals surface area contributed by atoms with Crippen LogP contribution in [0.15, 0.2) is 18.5 Å². The molecule has 1 atom stereocenters. The van der Waals surface area contributed by atoms with E-state index < -0.39 is 0 Å². The molecule has 1 saturated heterocycles. The van der Waals surface area contributed by atoms with Crippen molar-refractivity contribution >= 4 is 11.9 Å². The number of rotatable bonds is 3. The summed E-state index contributed by atoms with van der Waals surface area (Å²) < 4.78 is 0. The van der Waals surface area contributed by atoms with Crippen molar-refractivity contribution < 1.29 is 9.63 Å². The van der Waals surface area contributed by atoms with Crippen molar-refractivity contribution in [3.8, 4) is 0 Å². The van der Waals surface area contributed by atoms with Crippen molar-refractivity contribution in [3.05, 3.63) is 18.5 Å². The molecular formula is C11H16N4O2. The first-order valence-electron chi connectivity index (χ1n) is 5.56. The largest absolute Gasteiger partial charge is 0.340 e. The molecular weight excluding hydrogens is 220 g/mol. The van der Waals surface area contributed by atoms with Gasteiger partial charge >= 0.3 is 0 Å². The molecule has 0 radical (unpaired) electrons. The van der Waals surface area contributed by atoms with E-state index in [-0.39, 0.29) is 11.8 Å². The molecule has 1 aliphatic rings. The topological polar surface area (TPSA) is 58.6 Å². The summed E-state index contributed by atoms with van der Waals surface area (Å²) in [6.07, 6.45) is 4.22. The summed E-state index contributed by atoms with van der Waals surface area (Å²) in [5.41, 5.74) is 0. The minimum Gasteiger partial charge on any atom is -0.340 e. The molecule has 1 unspecified atom stereocenters. The van der Waals surface area contributed by atoms with Crippen LogP contribution in [0.3, 0.4) is 0 Å². The van der Waals surface area contributed by atoms with Crippen LogP contribution in [0.1, 0.15) is 6.42 Å². The maximum Gasteiger partial charge on any atom is 0.250 e. The van der Waals surface area contributed by atoms with Gasteiger partial charge in [0.2, 0.25) is 5.95 Å². The molecule has 2 heterocycles. The summed E-state index contributed by atoms with van der Waals surface area (Å²) in [4.78, 5) is 27.2. The van der Waals surface area contributed by atoms with Crippen LogP contribution >= 0.6 is 0 Å². The number of nitrogens with zero attached hydrogens (tertiary/aromatic N) is 4. The Bertz CT molecular complexity index is 384. The van der Waals surface area contributed by atoms with E-state index >= 15 is 0 Å². The lowest BCUT2D eigenvalue weighted by molar-refractivity contribution is -0.172. The lowest BCUT2D eigenvalue weighted by Gasteiger charge is -2.19. The molecule has 0 saturated carbocycles. The van der Waals surface area contributed by atoms with Gasteiger partial charge in [-0.3, -0.25) is 9.63 Å². The Kier molecular flexibility index (Phi) is 3.53. The predicted octanol–water partition coefficient (Wildman–Crippen LogP) is 0.323. The molecule has 6 heteroatoms. The zero-order valence-corrected chi connectivity index (χ0v) is 10.0. The van der Waals surface area contributed by atoms with Crippen LogP contribution in [0.5, 0.6) is 0 Å². The van der Waals surface area contributed by atoms with Gasteiger partial charge in [0.05, 0.1) is 13.0 Å². The van der Waals surface area contributed by atoms with E-state index in [4.69, 9.17) is 4.84 Å². The van der Waals surface area contributed by atoms with Gasteiger partial charge in [0.25, 0.3) is 5.91 Å². The highest BCUT2D eigenvalue weighted by Crippen LogP contribution is 2.21. The van der Waals surface area contributed by atoms with Gasteiger partial charge in [-0.2, -0.15) is 0 Å². The molecule has 92 valence electrons. The first-order valence-corrected chi connectivity index (χ1v) is 5.56. The second kappa shape index (κ2) is 5.09. The van der Waals surface area contributed by atoms with Crippen LogP contribution in [0.2, 0.25) is 0 Å². The molecule has 0 bridgehead atoms. The zero-order chi connectivity index (χ0) is 12.3. The van der Waals surface area contributed by atoms with Crippen molar-refractivity contribution in [3.63, 3.8) is 0 Å². The number of hydrogen-bond donors (Lipinski definition) is 0. The quantitative estimate of drug-likeness (QED) is 0.707. The van der Waals surface area contributed by atoms with Crippen molar-refractivity contribution in [1.29, 1.82) is 0 Å². The predicted molar refractivity (Wildman–Crippen MR) is 62.1 cm³/mol. The van der Waals surface area contributed by atoms with Crippen LogP contribution in [0, 0.1) is 5.92 Å². The molecule has 2 rings (SSSR count). The van der Waals surface area contributed by atoms with Crippen molar-refractivity contribution in [1.82, 2.24) is 15.0 Å². The highest BCUT2D eigenvalue weighted by atomic mass is 16.7. The monoisotopic (exact) mass is 236 g/mol. The van der Waals surface area contributed by atoms with Gasteiger partial charge in [-0.1, -0.05) is 0 Å². The average Bonchev–Trinajstić information content (AvgIpc) is 2.87. The average molecular weight is 236 g/mol. The number of hydrogen-bond acceptors (Lipinski definition) is 5. The molecule has 0 N–H and O–H groups in total. The third kappa shape index (κ3) is 2.52. The van der Waals surface area contributed by atoms with Gasteiger partial charge in [0.15, 0.2) is 0 Å². The van der Waals surface area contributed by atoms with E-state index in [2.05, 4.69) is 9.97 Å². The van der Waals surface area contributed by atoms with E-state index in [1.165, 1.54) is 12.2 Å². The number of anilines is 1. The normalized spacial score (nSPS) is 19.4. The molecule has 6 nitrogen and oxygen atoms in total. The molecule has 1 amide bonds. The van der Waals surface area contributed by atoms with Crippen LogP contribution in [0.4, 0.5) is 5.95 Å². The van der Waals surface area contributed by atoms with E-state index in [0.29, 0.717) is 12.5 Å². The third-order valence-corrected chi connectivity index (χ3v) is 2.96. The number of carbonyl (C=O) groups is 1. The Morgan fingerprint density at radius 1 is 1.53 bits per heavy atom. The molecule has 1 aromatic rings. The molecule has 0 spiro atoms. The highest BCUT2D eigenvalue weighted by Gasteiger charge is 2.31. The standard InChI is InChI=1S/C11H16N4O2/c1-14(17-2)10(16)9-4-7-15(8-9)11-12-5-3-6-13-11/h3,5-6,9H,4,7-8H2,1-2H3. The second-order valence-electron chi connectivity index (χ2n) is 4.00. The lowest BCUT2D eigenvalue weighted by atomic mass is 10.1. The minimum absolute atomic E-state index is 0.00549. The fourth-order valence-corrected chi connectivity index (χ4v) is 1.95. The van der Waals surface area contributed by atoms with Crippen molar-refractivity contribution in [2.24, 2.45) is 5.92 Å². The highest BCUT2D eigenvalue weighted by molar-refractivity contribution is 5.78. The van der Waals surface area contributed by atoms with Gasteiger partial charge in [0.1, 0.15) is 0 Å². The summed E-state index contributed by atoms with van der Waals surface area (Å²) in [5.74, 6) is 0.651. The maximum atomic E-state index is 11.9. The van der Waals surface area contributed by atoms with E-state index in [1.807, 2.05) is 4.90 Å². The van der Waals surface area contributed by atoms with Crippen LogP contribution in [0.25, 0.3) is 0 Å². The van der Waals surface area contributed by atoms with Gasteiger partial charge in [-0.05, 0) is 12.5 Å². The molecule has 0 aromatic carbocycles. The van der Waals surface area contributed by atoms with Gasteiger partial charge in [-0.25, -0.2) is 15.0 Å². The van der Waals surface area contributed by atoms with Gasteiger partial charge < -0.3 is 4.90 Å². The smallest absolute Gasteiger partial charge is 0.250 e. The fourth-order valence-electron chi connectivity index (χ4n) is 1.95. The van der Waals surface area contributed by atoms with Crippen molar-refractivity contribution in [2.45, 2.75) is 6.42 Å². The number of aromatic nitrogens is 2. The SMILES string of the molecule is CON(C)C(=O)C1CCN(c2ncccn2)C1. The summed E-state index contributed by atoms with van der Waals surface area (Å²) in [5, 5.41) is 1.28. The second-order valence-corrected chi connectivity index (χ2v) is 4.00. The summed E-state index contributed by atoms with van der Waals surface area (Å²) in [6, 6.07) is 1.78. The van der Waals surface area contributed by atoms with Gasteiger partial charge in [0, 0.05) is 32.5 Å². The third-order valence-electron chi connectivity index (χ3n) is 2.96. The summed E-state index contributed by atoms with van der Waals surface area (Å²) in [7, 11) is 3.12. The Hall–Kier alpha value is -1.69. The lowest BCUT2D eigenvalue weighted by Crippen LogP contribution is -2.34. The number of hydroxylamine groups is 2. The molecule has 1 fully saturated rings. The molecule has 17 heavy (non-hydrogen) atoms. The first kappa shape index (κ1) is 11.8. The van der Waals surface area contributed by atoms with E-state index in [1.54, 1.807) is 25.5 Å². The van der Waals surface area contributed by atoms with Crippen LogP contribution < -0.4 is 4.90 Å². The Morgan fingerprint density at radius 2 is 2.24 bits per heavy atom. The maximum absolute atomic E-state index is 11.9. The van der Waals surface area contributed by atoms with Crippen LogP contribution in [-0.2, 0) is 9.63 Å². The number of amides is 1. The summed E-state index contributed by atoms with van der Waals surface area (Å²) >= 11 is 0. The molecule has 0 aliphatic carbocycles. The Balaban J connectivity index is 1.98. The molecule has 1 aliphatic heterocycles. The fraction of sp³-hybridized carbons (Fsp3) is 0.545. The zero-order valence-electron chi connectivity index (χ0n) is 10.0. The number of carbonyl (C=O) groups excluding carboxylic acids is 1. The first-order chi connectivity index (χ1) is 8.22. The summed E-state index contributed by atoms with van der Waals surface area (Å²) in [6.45, 7) is 1.45. The van der Waals surface area contributed by atoms with Gasteiger partial charge in [-0.15, -0.1) is 0 Å². The van der Waals surface area contributed by atoms with Crippen molar-refractivity contribution in [2.75, 3.05) is 32.1 Å². The van der Waals surface area contributed by atoms with Crippen LogP contribution in [-0.4, -0.2) is 48.2 Å². The Labute approximate surface area is 100 Å². The minimum atomic E-state index is -0.0382. The van der Waals surface area contributed by atoms with E-state index in [0.717, 1.165) is 13.0 Å². The Morgan fingerprint density at radius 3 is 2.88 bits per heavy atom. The van der Waals surface area contributed by atoms with E-state index in [9.17, 15) is 4.79 Å². The molecule has 1 aromatic heterocycles.